The van der Waals surface area contributed by atoms with Gasteiger partial charge in [-0.3, -0.25) is 4.57 Å². The minimum atomic E-state index is -0.140. The van der Waals surface area contributed by atoms with Crippen LogP contribution < -0.4 is 4.90 Å². The highest BCUT2D eigenvalue weighted by Crippen LogP contribution is 2.52. The Bertz CT molecular complexity index is 4110. The number of fused-ring (bicyclic) bond motifs is 15. The van der Waals surface area contributed by atoms with Crippen molar-refractivity contribution >= 4 is 103 Å². The predicted octanol–water partition coefficient (Wildman–Crippen LogP) is 16.4. The van der Waals surface area contributed by atoms with E-state index in [9.17, 15) is 0 Å². The molecule has 0 spiro atoms. The van der Waals surface area contributed by atoms with Gasteiger partial charge < -0.3 is 9.32 Å². The zero-order valence-electron chi connectivity index (χ0n) is 35.6. The maximum Gasteiger partial charge on any atom is 0.235 e. The number of furan rings is 1. The molecule has 0 aliphatic heterocycles. The van der Waals surface area contributed by atoms with Crippen LogP contribution in [0.2, 0.25) is 0 Å². The van der Waals surface area contributed by atoms with E-state index in [1.807, 2.05) is 0 Å². The minimum Gasteiger partial charge on any atom is -0.455 e. The van der Waals surface area contributed by atoms with Gasteiger partial charge in [0.2, 0.25) is 5.95 Å². The van der Waals surface area contributed by atoms with Gasteiger partial charge in [0, 0.05) is 59.4 Å². The van der Waals surface area contributed by atoms with Gasteiger partial charge in [-0.2, -0.15) is 0 Å². The summed E-state index contributed by atoms with van der Waals surface area (Å²) in [6.45, 7) is 4.70. The standard InChI is InChI=1S/C59H38N4OS/c1-59(2)46-26-14-11-21-38(46)39-30-29-37(33-47(39)59)62(36-19-7-4-8-20-36)50-34-45-42-31-32-49-52(56(42)64-55(45)41-23-10-9-22-40(41)50)43-24-12-15-27-48(43)63(49)58-60-53(35-17-5-3-6-18-35)57-54(61-58)44-25-13-16-28-51(44)65-57/h3-34H,1-2H3. The summed E-state index contributed by atoms with van der Waals surface area (Å²) in [5.41, 5.74) is 15.2. The summed E-state index contributed by atoms with van der Waals surface area (Å²) in [4.78, 5) is 13.3. The van der Waals surface area contributed by atoms with E-state index in [4.69, 9.17) is 14.4 Å². The van der Waals surface area contributed by atoms with Crippen LogP contribution in [0.25, 0.3) is 103 Å². The molecule has 0 atom stereocenters. The fraction of sp³-hybridized carbons (Fsp3) is 0.0508. The molecule has 306 valence electrons. The van der Waals surface area contributed by atoms with E-state index in [2.05, 4.69) is 217 Å². The predicted molar refractivity (Wildman–Crippen MR) is 272 cm³/mol. The van der Waals surface area contributed by atoms with Crippen LogP contribution in [-0.4, -0.2) is 14.5 Å². The van der Waals surface area contributed by atoms with Gasteiger partial charge in [0.05, 0.1) is 38.0 Å². The van der Waals surface area contributed by atoms with Crippen molar-refractivity contribution < 1.29 is 4.42 Å². The van der Waals surface area contributed by atoms with Crippen molar-refractivity contribution in [3.63, 3.8) is 0 Å². The van der Waals surface area contributed by atoms with Crippen molar-refractivity contribution in [2.24, 2.45) is 0 Å². The second-order valence-corrected chi connectivity index (χ2v) is 18.7. The molecule has 6 heteroatoms. The van der Waals surface area contributed by atoms with E-state index in [1.54, 1.807) is 11.3 Å². The van der Waals surface area contributed by atoms with E-state index in [1.165, 1.54) is 27.0 Å². The average molecular weight is 851 g/mol. The topological polar surface area (TPSA) is 47.1 Å². The summed E-state index contributed by atoms with van der Waals surface area (Å²) in [6, 6.07) is 69.7. The van der Waals surface area contributed by atoms with Crippen molar-refractivity contribution in [2.45, 2.75) is 19.3 Å². The molecule has 0 bridgehead atoms. The Kier molecular flexibility index (Phi) is 7.55. The van der Waals surface area contributed by atoms with Crippen LogP contribution in [-0.2, 0) is 5.41 Å². The van der Waals surface area contributed by atoms with E-state index in [0.29, 0.717) is 5.95 Å². The largest absolute Gasteiger partial charge is 0.455 e. The van der Waals surface area contributed by atoms with Gasteiger partial charge >= 0.3 is 0 Å². The highest BCUT2D eigenvalue weighted by atomic mass is 32.1. The van der Waals surface area contributed by atoms with Gasteiger partial charge in [-0.25, -0.2) is 9.97 Å². The number of para-hydroxylation sites is 2. The number of hydrogen-bond donors (Lipinski definition) is 0. The highest BCUT2D eigenvalue weighted by Gasteiger charge is 2.36. The Morgan fingerprint density at radius 3 is 2.03 bits per heavy atom. The Morgan fingerprint density at radius 1 is 0.508 bits per heavy atom. The molecule has 13 aromatic rings. The zero-order chi connectivity index (χ0) is 43.0. The summed E-state index contributed by atoms with van der Waals surface area (Å²) in [6.07, 6.45) is 0. The number of benzene rings is 9. The molecule has 4 heterocycles. The van der Waals surface area contributed by atoms with Crippen molar-refractivity contribution in [1.82, 2.24) is 14.5 Å². The summed E-state index contributed by atoms with van der Waals surface area (Å²) in [5, 5.41) is 7.57. The smallest absolute Gasteiger partial charge is 0.235 e. The number of rotatable bonds is 5. The molecule has 0 saturated carbocycles. The lowest BCUT2D eigenvalue weighted by atomic mass is 9.82. The zero-order valence-corrected chi connectivity index (χ0v) is 36.4. The average Bonchev–Trinajstić information content (AvgIpc) is 4.09. The third-order valence-corrected chi connectivity index (χ3v) is 15.0. The van der Waals surface area contributed by atoms with Crippen LogP contribution in [0, 0.1) is 0 Å². The second-order valence-electron chi connectivity index (χ2n) is 17.7. The van der Waals surface area contributed by atoms with Gasteiger partial charge in [0.1, 0.15) is 11.2 Å². The lowest BCUT2D eigenvalue weighted by Gasteiger charge is -2.29. The molecule has 5 nitrogen and oxygen atoms in total. The van der Waals surface area contributed by atoms with Crippen LogP contribution in [0.5, 0.6) is 0 Å². The van der Waals surface area contributed by atoms with Crippen LogP contribution in [0.3, 0.4) is 0 Å². The fourth-order valence-corrected chi connectivity index (χ4v) is 11.9. The summed E-state index contributed by atoms with van der Waals surface area (Å²) < 4.78 is 11.8. The monoisotopic (exact) mass is 850 g/mol. The molecule has 1 aliphatic rings. The molecular weight excluding hydrogens is 813 g/mol. The Hall–Kier alpha value is -8.06. The van der Waals surface area contributed by atoms with Gasteiger partial charge in [-0.05, 0) is 76.9 Å². The maximum absolute atomic E-state index is 7.24. The first-order valence-corrected chi connectivity index (χ1v) is 23.0. The third kappa shape index (κ3) is 5.14. The molecule has 4 aromatic heterocycles. The van der Waals surface area contributed by atoms with Gasteiger partial charge in [0.25, 0.3) is 0 Å². The second kappa shape index (κ2) is 13.5. The van der Waals surface area contributed by atoms with E-state index in [0.717, 1.165) is 98.4 Å². The Labute approximate surface area is 378 Å². The first-order valence-electron chi connectivity index (χ1n) is 22.2. The van der Waals surface area contributed by atoms with Crippen molar-refractivity contribution in [1.29, 1.82) is 0 Å². The molecule has 0 fully saturated rings. The molecule has 0 radical (unpaired) electrons. The summed E-state index contributed by atoms with van der Waals surface area (Å²) >= 11 is 1.75. The third-order valence-electron chi connectivity index (χ3n) is 13.8. The van der Waals surface area contributed by atoms with Crippen LogP contribution in [0.15, 0.2) is 199 Å². The van der Waals surface area contributed by atoms with E-state index < -0.39 is 0 Å². The first kappa shape index (κ1) is 36.4. The number of nitrogens with zero attached hydrogens (tertiary/aromatic N) is 4. The van der Waals surface area contributed by atoms with E-state index in [-0.39, 0.29) is 5.41 Å². The lowest BCUT2D eigenvalue weighted by Crippen LogP contribution is -2.16. The molecule has 9 aromatic carbocycles. The van der Waals surface area contributed by atoms with Gasteiger partial charge in [0.15, 0.2) is 0 Å². The van der Waals surface area contributed by atoms with E-state index >= 15 is 0 Å². The molecule has 65 heavy (non-hydrogen) atoms. The van der Waals surface area contributed by atoms with Crippen LogP contribution >= 0.6 is 11.3 Å². The molecule has 0 N–H and O–H groups in total. The van der Waals surface area contributed by atoms with Crippen molar-refractivity contribution in [3.8, 4) is 28.3 Å². The van der Waals surface area contributed by atoms with Crippen LogP contribution in [0.1, 0.15) is 25.0 Å². The fourth-order valence-electron chi connectivity index (χ4n) is 10.8. The van der Waals surface area contributed by atoms with Gasteiger partial charge in [-0.1, -0.05) is 153 Å². The SMILES string of the molecule is CC1(C)c2ccccc2-c2ccc(N(c3ccccc3)c3cc4c5ccc6c(c7ccccc7n6-c6nc(-c7ccccc7)c7sc8ccccc8c7n6)c5oc4c4ccccc34)cc21. The number of anilines is 3. The normalized spacial score (nSPS) is 13.2. The molecule has 0 unspecified atom stereocenters. The quantitative estimate of drug-likeness (QED) is 0.173. The minimum absolute atomic E-state index is 0.140. The molecule has 0 amide bonds. The summed E-state index contributed by atoms with van der Waals surface area (Å²) in [5.74, 6) is 0.633. The van der Waals surface area contributed by atoms with Crippen molar-refractivity contribution in [2.75, 3.05) is 4.90 Å². The number of thiophene rings is 1. The summed E-state index contributed by atoms with van der Waals surface area (Å²) in [7, 11) is 0. The highest BCUT2D eigenvalue weighted by molar-refractivity contribution is 7.26. The molecule has 0 saturated heterocycles. The van der Waals surface area contributed by atoms with Crippen LogP contribution in [0.4, 0.5) is 17.1 Å². The van der Waals surface area contributed by atoms with Crippen molar-refractivity contribution in [3.05, 3.63) is 205 Å². The van der Waals surface area contributed by atoms with Gasteiger partial charge in [-0.15, -0.1) is 11.3 Å². The molecule has 1 aliphatic carbocycles. The first-order chi connectivity index (χ1) is 32.0. The molecular formula is C59H38N4OS. The molecule has 14 rings (SSSR count). The number of aromatic nitrogens is 3. The number of hydrogen-bond acceptors (Lipinski definition) is 5. The Morgan fingerprint density at radius 2 is 1.18 bits per heavy atom. The lowest BCUT2D eigenvalue weighted by molar-refractivity contribution is 0.660. The Balaban J connectivity index is 1.03. The maximum atomic E-state index is 7.24.